The highest BCUT2D eigenvalue weighted by Gasteiger charge is 2.52. The lowest BCUT2D eigenvalue weighted by Gasteiger charge is -2.53. The van der Waals surface area contributed by atoms with Crippen LogP contribution < -0.4 is 0 Å². The van der Waals surface area contributed by atoms with Gasteiger partial charge >= 0.3 is 0 Å². The van der Waals surface area contributed by atoms with Gasteiger partial charge in [0.05, 0.1) is 13.2 Å². The molecule has 1 heterocycles. The van der Waals surface area contributed by atoms with Gasteiger partial charge in [0.25, 0.3) is 0 Å². The van der Waals surface area contributed by atoms with E-state index in [0.29, 0.717) is 24.4 Å². The van der Waals surface area contributed by atoms with Crippen LogP contribution in [0, 0.1) is 23.2 Å². The van der Waals surface area contributed by atoms with Crippen LogP contribution in [0.1, 0.15) is 34.6 Å². The molecular formula is C15H24O2. The van der Waals surface area contributed by atoms with Crippen molar-refractivity contribution in [2.75, 3.05) is 13.2 Å². The first kappa shape index (κ1) is 12.7. The monoisotopic (exact) mass is 236 g/mol. The standard InChI is InChI=1S/C15H24O2/c1-9(2)14-13-10(3)6-11(4)15(7-16,8-17-14)12(13)5/h6,11-13,16H,7-8H2,1-5H3/t11-,12+,13+,15-/m0/s1. The average Bonchev–Trinajstić information content (AvgIpc) is 2.26. The van der Waals surface area contributed by atoms with Crippen molar-refractivity contribution < 1.29 is 9.84 Å². The van der Waals surface area contributed by atoms with Crippen LogP contribution >= 0.6 is 0 Å². The summed E-state index contributed by atoms with van der Waals surface area (Å²) in [7, 11) is 0. The molecule has 17 heavy (non-hydrogen) atoms. The molecule has 1 aliphatic heterocycles. The molecule has 0 aromatic carbocycles. The second-order valence-corrected chi connectivity index (χ2v) is 6.01. The fourth-order valence-corrected chi connectivity index (χ4v) is 3.59. The zero-order valence-corrected chi connectivity index (χ0v) is 11.6. The van der Waals surface area contributed by atoms with Crippen molar-refractivity contribution in [3.63, 3.8) is 0 Å². The summed E-state index contributed by atoms with van der Waals surface area (Å²) in [6.45, 7) is 11.7. The fourth-order valence-electron chi connectivity index (χ4n) is 3.59. The van der Waals surface area contributed by atoms with E-state index in [1.54, 1.807) is 0 Å². The maximum Gasteiger partial charge on any atom is 0.102 e. The van der Waals surface area contributed by atoms with Crippen molar-refractivity contribution in [2.45, 2.75) is 34.6 Å². The summed E-state index contributed by atoms with van der Waals surface area (Å²) >= 11 is 0. The number of allylic oxidation sites excluding steroid dienone is 3. The first-order chi connectivity index (χ1) is 7.94. The Labute approximate surface area is 104 Å². The maximum atomic E-state index is 9.82. The largest absolute Gasteiger partial charge is 0.497 e. The van der Waals surface area contributed by atoms with Crippen LogP contribution in [-0.2, 0) is 4.74 Å². The Balaban J connectivity index is 2.52. The lowest BCUT2D eigenvalue weighted by Crippen LogP contribution is -2.52. The van der Waals surface area contributed by atoms with E-state index < -0.39 is 0 Å². The van der Waals surface area contributed by atoms with Crippen LogP contribution in [0.5, 0.6) is 0 Å². The summed E-state index contributed by atoms with van der Waals surface area (Å²) in [6.07, 6.45) is 2.33. The molecule has 1 fully saturated rings. The zero-order chi connectivity index (χ0) is 12.8. The smallest absolute Gasteiger partial charge is 0.102 e. The van der Waals surface area contributed by atoms with Crippen molar-refractivity contribution in [3.8, 4) is 0 Å². The van der Waals surface area contributed by atoms with E-state index in [1.807, 2.05) is 0 Å². The maximum absolute atomic E-state index is 9.82. The predicted octanol–water partition coefficient (Wildman–Crippen LogP) is 3.14. The van der Waals surface area contributed by atoms with Gasteiger partial charge < -0.3 is 9.84 Å². The molecule has 0 saturated carbocycles. The minimum atomic E-state index is -0.0941. The number of hydrogen-bond donors (Lipinski definition) is 1. The molecule has 2 nitrogen and oxygen atoms in total. The van der Waals surface area contributed by atoms with E-state index in [4.69, 9.17) is 4.74 Å². The van der Waals surface area contributed by atoms with E-state index in [9.17, 15) is 5.11 Å². The minimum Gasteiger partial charge on any atom is -0.497 e. The van der Waals surface area contributed by atoms with Gasteiger partial charge in [-0.3, -0.25) is 0 Å². The van der Waals surface area contributed by atoms with Gasteiger partial charge in [0.2, 0.25) is 0 Å². The van der Waals surface area contributed by atoms with Gasteiger partial charge in [-0.1, -0.05) is 25.5 Å². The van der Waals surface area contributed by atoms with E-state index in [1.165, 1.54) is 11.1 Å². The number of ether oxygens (including phenoxy) is 1. The number of aliphatic hydroxyl groups is 1. The predicted molar refractivity (Wildman–Crippen MR) is 69.4 cm³/mol. The van der Waals surface area contributed by atoms with E-state index in [2.05, 4.69) is 40.7 Å². The second-order valence-electron chi connectivity index (χ2n) is 6.01. The second kappa shape index (κ2) is 4.16. The van der Waals surface area contributed by atoms with Gasteiger partial charge in [0, 0.05) is 11.3 Å². The van der Waals surface area contributed by atoms with Gasteiger partial charge in [0.1, 0.15) is 5.76 Å². The third-order valence-electron chi connectivity index (χ3n) is 4.88. The minimum absolute atomic E-state index is 0.0941. The molecule has 2 rings (SSSR count). The first-order valence-corrected chi connectivity index (χ1v) is 6.53. The molecule has 1 saturated heterocycles. The van der Waals surface area contributed by atoms with Crippen LogP contribution in [0.15, 0.2) is 23.0 Å². The molecule has 96 valence electrons. The molecule has 1 aliphatic carbocycles. The van der Waals surface area contributed by atoms with Gasteiger partial charge in [0.15, 0.2) is 0 Å². The van der Waals surface area contributed by atoms with Crippen LogP contribution in [0.25, 0.3) is 0 Å². The molecule has 2 heteroatoms. The number of rotatable bonds is 1. The van der Waals surface area contributed by atoms with Gasteiger partial charge in [-0.25, -0.2) is 0 Å². The van der Waals surface area contributed by atoms with Crippen molar-refractivity contribution in [2.24, 2.45) is 23.2 Å². The molecule has 1 N–H and O–H groups in total. The summed E-state index contributed by atoms with van der Waals surface area (Å²) in [6, 6.07) is 0. The fraction of sp³-hybridized carbons (Fsp3) is 0.733. The quantitative estimate of drug-likeness (QED) is 0.709. The summed E-state index contributed by atoms with van der Waals surface area (Å²) < 4.78 is 5.99. The number of fused-ring (bicyclic) bond motifs is 2. The third kappa shape index (κ3) is 1.65. The van der Waals surface area contributed by atoms with Crippen LogP contribution in [-0.4, -0.2) is 18.3 Å². The normalized spacial score (nSPS) is 40.7. The van der Waals surface area contributed by atoms with Crippen molar-refractivity contribution in [1.82, 2.24) is 0 Å². The van der Waals surface area contributed by atoms with E-state index in [0.717, 1.165) is 5.76 Å². The Morgan fingerprint density at radius 3 is 2.65 bits per heavy atom. The average molecular weight is 236 g/mol. The summed E-state index contributed by atoms with van der Waals surface area (Å²) in [4.78, 5) is 0. The molecule has 2 bridgehead atoms. The summed E-state index contributed by atoms with van der Waals surface area (Å²) in [5.74, 6) is 2.32. The molecule has 0 amide bonds. The highest BCUT2D eigenvalue weighted by molar-refractivity contribution is 5.29. The Hall–Kier alpha value is -0.760. The lowest BCUT2D eigenvalue weighted by molar-refractivity contribution is -0.0933. The van der Waals surface area contributed by atoms with Gasteiger partial charge in [-0.15, -0.1) is 0 Å². The van der Waals surface area contributed by atoms with Gasteiger partial charge in [-0.2, -0.15) is 0 Å². The van der Waals surface area contributed by atoms with Crippen LogP contribution in [0.2, 0.25) is 0 Å². The Bertz CT molecular complexity index is 376. The van der Waals surface area contributed by atoms with Crippen molar-refractivity contribution in [1.29, 1.82) is 0 Å². The molecule has 0 unspecified atom stereocenters. The van der Waals surface area contributed by atoms with E-state index >= 15 is 0 Å². The number of hydrogen-bond acceptors (Lipinski definition) is 2. The van der Waals surface area contributed by atoms with Crippen molar-refractivity contribution >= 4 is 0 Å². The Kier molecular flexibility index (Phi) is 3.11. The highest BCUT2D eigenvalue weighted by atomic mass is 16.5. The number of aliphatic hydroxyl groups excluding tert-OH is 1. The van der Waals surface area contributed by atoms with E-state index in [-0.39, 0.29) is 12.0 Å². The third-order valence-corrected chi connectivity index (χ3v) is 4.88. The van der Waals surface area contributed by atoms with Crippen molar-refractivity contribution in [3.05, 3.63) is 23.0 Å². The zero-order valence-electron chi connectivity index (χ0n) is 11.6. The summed E-state index contributed by atoms with van der Waals surface area (Å²) in [5, 5.41) is 9.82. The van der Waals surface area contributed by atoms with Crippen LogP contribution in [0.4, 0.5) is 0 Å². The molecular weight excluding hydrogens is 212 g/mol. The molecule has 2 aliphatic rings. The SMILES string of the molecule is CC1=C[C@H](C)[C@]2(CO)COC(=C(C)C)[C@H]1[C@H]2C. The van der Waals surface area contributed by atoms with Gasteiger partial charge in [-0.05, 0) is 38.2 Å². The van der Waals surface area contributed by atoms with Crippen LogP contribution in [0.3, 0.4) is 0 Å². The summed E-state index contributed by atoms with van der Waals surface area (Å²) in [5.41, 5.74) is 2.56. The molecule has 0 aromatic heterocycles. The highest BCUT2D eigenvalue weighted by Crippen LogP contribution is 2.53. The lowest BCUT2D eigenvalue weighted by atomic mass is 9.57. The molecule has 0 radical (unpaired) electrons. The molecule has 4 atom stereocenters. The molecule has 0 aromatic rings. The Morgan fingerprint density at radius 2 is 2.12 bits per heavy atom. The molecule has 0 spiro atoms. The Morgan fingerprint density at radius 1 is 1.47 bits per heavy atom. The topological polar surface area (TPSA) is 29.5 Å². The first-order valence-electron chi connectivity index (χ1n) is 6.53.